The highest BCUT2D eigenvalue weighted by Gasteiger charge is 2.20. The normalized spacial score (nSPS) is 15.9. The molecule has 0 saturated carbocycles. The van der Waals surface area contributed by atoms with E-state index in [1.165, 1.54) is 12.1 Å². The van der Waals surface area contributed by atoms with E-state index in [2.05, 4.69) is 16.9 Å². The van der Waals surface area contributed by atoms with Crippen LogP contribution < -0.4 is 0 Å². The van der Waals surface area contributed by atoms with Gasteiger partial charge >= 0.3 is 0 Å². The van der Waals surface area contributed by atoms with Crippen LogP contribution in [0.3, 0.4) is 0 Å². The second-order valence-corrected chi connectivity index (χ2v) is 4.38. The molecule has 0 atom stereocenters. The number of hydrogen-bond donors (Lipinski definition) is 0. The van der Waals surface area contributed by atoms with Gasteiger partial charge in [0.05, 0.1) is 12.2 Å². The Hall–Kier alpha value is -1.68. The van der Waals surface area contributed by atoms with Crippen LogP contribution >= 0.6 is 0 Å². The Labute approximate surface area is 98.9 Å². The average Bonchev–Trinajstić information content (AvgIpc) is 2.72. The molecular weight excluding hydrogens is 219 g/mol. The first-order valence-corrected chi connectivity index (χ1v) is 5.65. The van der Waals surface area contributed by atoms with Crippen LogP contribution in [-0.2, 0) is 13.0 Å². The summed E-state index contributed by atoms with van der Waals surface area (Å²) in [5, 5.41) is 0. The Bertz CT molecular complexity index is 533. The number of rotatable bonds is 1. The zero-order valence-electron chi connectivity index (χ0n) is 9.61. The average molecular weight is 232 g/mol. The molecule has 1 aliphatic rings. The van der Waals surface area contributed by atoms with Crippen LogP contribution in [0.2, 0.25) is 0 Å². The Balaban J connectivity index is 1.97. The molecule has 0 radical (unpaired) electrons. The van der Waals surface area contributed by atoms with Gasteiger partial charge in [-0.05, 0) is 31.3 Å². The molecule has 1 aliphatic heterocycles. The van der Waals surface area contributed by atoms with Gasteiger partial charge in [0, 0.05) is 18.5 Å². The van der Waals surface area contributed by atoms with Crippen molar-refractivity contribution in [1.29, 1.82) is 0 Å². The lowest BCUT2D eigenvalue weighted by Crippen LogP contribution is -2.25. The Morgan fingerprint density at radius 3 is 2.82 bits per heavy atom. The molecule has 0 unspecified atom stereocenters. The zero-order valence-corrected chi connectivity index (χ0v) is 9.61. The van der Waals surface area contributed by atoms with E-state index in [1.54, 1.807) is 12.1 Å². The lowest BCUT2D eigenvalue weighted by atomic mass is 10.2. The van der Waals surface area contributed by atoms with Crippen molar-refractivity contribution in [2.45, 2.75) is 13.0 Å². The second kappa shape index (κ2) is 3.96. The molecule has 1 aromatic carbocycles. The summed E-state index contributed by atoms with van der Waals surface area (Å²) < 4.78 is 18.5. The monoisotopic (exact) mass is 232 g/mol. The first-order chi connectivity index (χ1) is 8.22. The van der Waals surface area contributed by atoms with Gasteiger partial charge in [-0.15, -0.1) is 0 Å². The van der Waals surface area contributed by atoms with Gasteiger partial charge in [0.2, 0.25) is 5.89 Å². The SMILES string of the molecule is CN1CCc2nc(-c3ccc(F)cc3)oc2C1. The Morgan fingerprint density at radius 1 is 1.29 bits per heavy atom. The minimum absolute atomic E-state index is 0.246. The fraction of sp³-hybridized carbons (Fsp3) is 0.308. The van der Waals surface area contributed by atoms with Gasteiger partial charge in [0.15, 0.2) is 0 Å². The standard InChI is InChI=1S/C13H13FN2O/c1-16-7-6-11-12(8-16)17-13(15-11)9-2-4-10(14)5-3-9/h2-5H,6-8H2,1H3. The van der Waals surface area contributed by atoms with E-state index >= 15 is 0 Å². The van der Waals surface area contributed by atoms with Crippen LogP contribution in [0.15, 0.2) is 28.7 Å². The van der Waals surface area contributed by atoms with Crippen LogP contribution in [-0.4, -0.2) is 23.5 Å². The first-order valence-electron chi connectivity index (χ1n) is 5.65. The molecule has 88 valence electrons. The fourth-order valence-corrected chi connectivity index (χ4v) is 2.04. The smallest absolute Gasteiger partial charge is 0.226 e. The summed E-state index contributed by atoms with van der Waals surface area (Å²) >= 11 is 0. The van der Waals surface area contributed by atoms with Gasteiger partial charge < -0.3 is 4.42 Å². The van der Waals surface area contributed by atoms with E-state index in [9.17, 15) is 4.39 Å². The molecule has 0 bridgehead atoms. The number of nitrogens with zero attached hydrogens (tertiary/aromatic N) is 2. The molecule has 2 heterocycles. The summed E-state index contributed by atoms with van der Waals surface area (Å²) in [6.45, 7) is 1.80. The Morgan fingerprint density at radius 2 is 2.06 bits per heavy atom. The van der Waals surface area contributed by atoms with Gasteiger partial charge in [-0.2, -0.15) is 0 Å². The van der Waals surface area contributed by atoms with Crippen LogP contribution in [0.1, 0.15) is 11.5 Å². The summed E-state index contributed by atoms with van der Waals surface area (Å²) in [4.78, 5) is 6.67. The van der Waals surface area contributed by atoms with E-state index in [4.69, 9.17) is 4.42 Å². The summed E-state index contributed by atoms with van der Waals surface area (Å²) in [5.41, 5.74) is 1.85. The van der Waals surface area contributed by atoms with Crippen molar-refractivity contribution in [2.24, 2.45) is 0 Å². The van der Waals surface area contributed by atoms with Crippen LogP contribution in [0, 0.1) is 5.82 Å². The maximum absolute atomic E-state index is 12.8. The molecule has 3 nitrogen and oxygen atoms in total. The number of hydrogen-bond acceptors (Lipinski definition) is 3. The summed E-state index contributed by atoms with van der Waals surface area (Å²) in [6.07, 6.45) is 0.913. The lowest BCUT2D eigenvalue weighted by Gasteiger charge is -2.19. The molecule has 0 N–H and O–H groups in total. The molecule has 0 saturated heterocycles. The number of likely N-dealkylation sites (N-methyl/N-ethyl adjacent to an activating group) is 1. The van der Waals surface area contributed by atoms with E-state index in [0.29, 0.717) is 5.89 Å². The number of benzene rings is 1. The largest absolute Gasteiger partial charge is 0.440 e. The van der Waals surface area contributed by atoms with Crippen molar-refractivity contribution in [1.82, 2.24) is 9.88 Å². The summed E-state index contributed by atoms with van der Waals surface area (Å²) in [7, 11) is 2.06. The molecule has 17 heavy (non-hydrogen) atoms. The third-order valence-electron chi connectivity index (χ3n) is 3.01. The van der Waals surface area contributed by atoms with Crippen molar-refractivity contribution in [3.8, 4) is 11.5 Å². The van der Waals surface area contributed by atoms with Crippen LogP contribution in [0.4, 0.5) is 4.39 Å². The highest BCUT2D eigenvalue weighted by Crippen LogP contribution is 2.25. The molecule has 1 aromatic heterocycles. The van der Waals surface area contributed by atoms with Gasteiger partial charge in [0.25, 0.3) is 0 Å². The first kappa shape index (κ1) is 10.5. The number of halogens is 1. The fourth-order valence-electron chi connectivity index (χ4n) is 2.04. The van der Waals surface area contributed by atoms with Gasteiger partial charge in [-0.1, -0.05) is 0 Å². The lowest BCUT2D eigenvalue weighted by molar-refractivity contribution is 0.278. The Kier molecular flexibility index (Phi) is 2.44. The van der Waals surface area contributed by atoms with Gasteiger partial charge in [0.1, 0.15) is 11.6 Å². The topological polar surface area (TPSA) is 29.3 Å². The minimum atomic E-state index is -0.246. The molecule has 2 aromatic rings. The predicted molar refractivity (Wildman–Crippen MR) is 61.9 cm³/mol. The van der Waals surface area contributed by atoms with Crippen molar-refractivity contribution < 1.29 is 8.81 Å². The number of oxazole rings is 1. The summed E-state index contributed by atoms with van der Waals surface area (Å²) in [5.74, 6) is 1.27. The third kappa shape index (κ3) is 1.96. The second-order valence-electron chi connectivity index (χ2n) is 4.38. The maximum atomic E-state index is 12.8. The number of fused-ring (bicyclic) bond motifs is 1. The maximum Gasteiger partial charge on any atom is 0.226 e. The highest BCUT2D eigenvalue weighted by atomic mass is 19.1. The third-order valence-corrected chi connectivity index (χ3v) is 3.01. The van der Waals surface area contributed by atoms with Crippen LogP contribution in [0.5, 0.6) is 0 Å². The minimum Gasteiger partial charge on any atom is -0.440 e. The molecule has 0 aliphatic carbocycles. The number of aromatic nitrogens is 1. The quantitative estimate of drug-likeness (QED) is 0.756. The van der Waals surface area contributed by atoms with E-state index < -0.39 is 0 Å². The van der Waals surface area contributed by atoms with Crippen molar-refractivity contribution >= 4 is 0 Å². The molecule has 3 rings (SSSR count). The zero-order chi connectivity index (χ0) is 11.8. The van der Waals surface area contributed by atoms with Crippen molar-refractivity contribution in [3.05, 3.63) is 41.5 Å². The van der Waals surface area contributed by atoms with E-state index in [-0.39, 0.29) is 5.82 Å². The van der Waals surface area contributed by atoms with Gasteiger partial charge in [-0.25, -0.2) is 9.37 Å². The molecule has 0 amide bonds. The molecule has 0 fully saturated rings. The highest BCUT2D eigenvalue weighted by molar-refractivity contribution is 5.53. The molecule has 0 spiro atoms. The molecular formula is C13H13FN2O. The van der Waals surface area contributed by atoms with E-state index in [1.807, 2.05) is 0 Å². The van der Waals surface area contributed by atoms with Crippen molar-refractivity contribution in [3.63, 3.8) is 0 Å². The van der Waals surface area contributed by atoms with E-state index in [0.717, 1.165) is 36.5 Å². The van der Waals surface area contributed by atoms with Crippen molar-refractivity contribution in [2.75, 3.05) is 13.6 Å². The predicted octanol–water partition coefficient (Wildman–Crippen LogP) is 2.47. The van der Waals surface area contributed by atoms with Gasteiger partial charge in [-0.3, -0.25) is 4.90 Å². The van der Waals surface area contributed by atoms with Crippen LogP contribution in [0.25, 0.3) is 11.5 Å². The summed E-state index contributed by atoms with van der Waals surface area (Å²) in [6, 6.07) is 6.22. The molecule has 4 heteroatoms.